The number of halogens is 2. The Morgan fingerprint density at radius 3 is 1.77 bits per heavy atom. The zero-order valence-electron chi connectivity index (χ0n) is 15.8. The molecular formula is C23H26Cl2Zr. The van der Waals surface area contributed by atoms with Crippen molar-refractivity contribution < 1.29 is 21.3 Å². The first-order chi connectivity index (χ1) is 11.6. The van der Waals surface area contributed by atoms with Gasteiger partial charge in [0, 0.05) is 0 Å². The zero-order chi connectivity index (χ0) is 16.8. The number of benzene rings is 2. The van der Waals surface area contributed by atoms with Crippen LogP contribution in [0.15, 0.2) is 69.0 Å². The molecule has 2 aliphatic carbocycles. The monoisotopic (exact) mass is 462 g/mol. The normalized spacial score (nSPS) is 14.8. The van der Waals surface area contributed by atoms with Crippen molar-refractivity contribution in [3.8, 4) is 11.1 Å². The maximum atomic E-state index is 2.45. The summed E-state index contributed by atoms with van der Waals surface area (Å²) < 4.78 is 4.17. The summed E-state index contributed by atoms with van der Waals surface area (Å²) in [5.41, 5.74) is 9.20. The van der Waals surface area contributed by atoms with Crippen molar-refractivity contribution >= 4 is 28.0 Å². The Balaban J connectivity index is 0.00000121. The molecule has 0 nitrogen and oxygen atoms in total. The number of fused-ring (bicyclic) bond motifs is 3. The van der Waals surface area contributed by atoms with Gasteiger partial charge in [0.25, 0.3) is 0 Å². The molecule has 0 saturated carbocycles. The quantitative estimate of drug-likeness (QED) is 0.447. The van der Waals surface area contributed by atoms with Crippen LogP contribution < -0.4 is 0 Å². The Hall–Kier alpha value is -0.747. The molecule has 0 N–H and O–H groups in total. The number of rotatable bonds is 2. The van der Waals surface area contributed by atoms with Crippen molar-refractivity contribution in [2.24, 2.45) is 0 Å². The van der Waals surface area contributed by atoms with Gasteiger partial charge in [-0.25, -0.2) is 0 Å². The zero-order valence-corrected chi connectivity index (χ0v) is 19.9. The molecule has 0 fully saturated rings. The molecule has 0 aliphatic heterocycles. The van der Waals surface area contributed by atoms with Crippen LogP contribution in [0.4, 0.5) is 0 Å². The summed E-state index contributed by atoms with van der Waals surface area (Å²) in [7, 11) is 0. The largest absolute Gasteiger partial charge is 0.147 e. The molecule has 0 heterocycles. The molecule has 0 saturated heterocycles. The van der Waals surface area contributed by atoms with Crippen molar-refractivity contribution in [1.29, 1.82) is 0 Å². The third-order valence-corrected chi connectivity index (χ3v) is 14.3. The van der Waals surface area contributed by atoms with E-state index in [9.17, 15) is 0 Å². The van der Waals surface area contributed by atoms with Crippen molar-refractivity contribution in [2.45, 2.75) is 37.7 Å². The van der Waals surface area contributed by atoms with Gasteiger partial charge in [0.1, 0.15) is 0 Å². The van der Waals surface area contributed by atoms with Crippen LogP contribution in [0.3, 0.4) is 0 Å². The Labute approximate surface area is 177 Å². The van der Waals surface area contributed by atoms with Gasteiger partial charge in [0.05, 0.1) is 0 Å². The molecular weight excluding hydrogens is 438 g/mol. The molecule has 0 radical (unpaired) electrons. The maximum absolute atomic E-state index is 2.45. The topological polar surface area (TPSA) is 0 Å². The molecule has 0 amide bonds. The SMILES string of the molecule is CC1=CC[C]([Zr](=[C](C)C)[CH]2c3ccccc3-c3ccccc32)=C1C.Cl.Cl. The molecule has 0 atom stereocenters. The summed E-state index contributed by atoms with van der Waals surface area (Å²) in [4.78, 5) is 0. The van der Waals surface area contributed by atoms with E-state index in [1.807, 2.05) is 3.28 Å². The maximum Gasteiger partial charge on any atom is -0.147 e. The van der Waals surface area contributed by atoms with Crippen LogP contribution >= 0.6 is 24.8 Å². The summed E-state index contributed by atoms with van der Waals surface area (Å²) in [6.45, 7) is 9.42. The van der Waals surface area contributed by atoms with Gasteiger partial charge >= 0.3 is 154 Å². The van der Waals surface area contributed by atoms with E-state index in [0.717, 1.165) is 0 Å². The van der Waals surface area contributed by atoms with Gasteiger partial charge in [-0.15, -0.1) is 24.8 Å². The Bertz CT molecular complexity index is 885. The van der Waals surface area contributed by atoms with Crippen molar-refractivity contribution in [3.05, 3.63) is 80.2 Å². The molecule has 4 rings (SSSR count). The first-order valence-electron chi connectivity index (χ1n) is 8.82. The summed E-state index contributed by atoms with van der Waals surface area (Å²) in [5.74, 6) is 0. The van der Waals surface area contributed by atoms with Crippen LogP contribution in [-0.4, -0.2) is 3.21 Å². The van der Waals surface area contributed by atoms with Crippen molar-refractivity contribution in [3.63, 3.8) is 0 Å². The summed E-state index contributed by atoms with van der Waals surface area (Å²) in [5, 5.41) is 0. The number of hydrogen-bond acceptors (Lipinski definition) is 0. The van der Waals surface area contributed by atoms with E-state index in [2.05, 4.69) is 82.3 Å². The molecule has 26 heavy (non-hydrogen) atoms. The Morgan fingerprint density at radius 1 is 0.846 bits per heavy atom. The van der Waals surface area contributed by atoms with Crippen LogP contribution in [0.25, 0.3) is 11.1 Å². The fourth-order valence-corrected chi connectivity index (χ4v) is 13.1. The van der Waals surface area contributed by atoms with Crippen LogP contribution in [0.1, 0.15) is 48.9 Å². The van der Waals surface area contributed by atoms with Crippen molar-refractivity contribution in [1.82, 2.24) is 0 Å². The second-order valence-corrected chi connectivity index (χ2v) is 14.6. The number of hydrogen-bond donors (Lipinski definition) is 0. The molecule has 136 valence electrons. The van der Waals surface area contributed by atoms with Crippen LogP contribution in [0.5, 0.6) is 0 Å². The smallest absolute Gasteiger partial charge is 0.147 e. The predicted molar refractivity (Wildman–Crippen MR) is 116 cm³/mol. The standard InChI is InChI=1S/C13H9.C7H9.C3H6.2ClH.Zr/c1-3-7-12-10(5-1)9-11-6-2-4-8-13(11)12;1-6-4-3-5-7(6)2;1-3-2;;;/h1-9H;4H,3H2,1-2H3;1-2H3;2*1H;. The summed E-state index contributed by atoms with van der Waals surface area (Å²) in [6, 6.07) is 18.2. The van der Waals surface area contributed by atoms with E-state index in [0.29, 0.717) is 3.63 Å². The first-order valence-corrected chi connectivity index (χ1v) is 12.7. The van der Waals surface area contributed by atoms with Gasteiger partial charge in [-0.3, -0.25) is 0 Å². The fraction of sp³-hybridized carbons (Fsp3) is 0.261. The van der Waals surface area contributed by atoms with E-state index < -0.39 is 21.3 Å². The third kappa shape index (κ3) is 3.39. The molecule has 2 aliphatic rings. The van der Waals surface area contributed by atoms with Gasteiger partial charge in [-0.2, -0.15) is 0 Å². The van der Waals surface area contributed by atoms with E-state index in [4.69, 9.17) is 0 Å². The second-order valence-electron chi connectivity index (χ2n) is 7.22. The summed E-state index contributed by atoms with van der Waals surface area (Å²) in [6.07, 6.45) is 3.64. The average Bonchev–Trinajstić information content (AvgIpc) is 3.08. The van der Waals surface area contributed by atoms with Gasteiger partial charge in [0.15, 0.2) is 0 Å². The van der Waals surface area contributed by atoms with E-state index in [1.165, 1.54) is 23.1 Å². The Morgan fingerprint density at radius 2 is 1.35 bits per heavy atom. The molecule has 0 spiro atoms. The van der Waals surface area contributed by atoms with Gasteiger partial charge in [0.2, 0.25) is 0 Å². The first kappa shape index (κ1) is 21.6. The molecule has 0 bridgehead atoms. The third-order valence-electron chi connectivity index (χ3n) is 5.64. The average molecular weight is 465 g/mol. The van der Waals surface area contributed by atoms with Gasteiger partial charge in [-0.05, 0) is 0 Å². The van der Waals surface area contributed by atoms with Crippen LogP contribution in [0, 0.1) is 0 Å². The van der Waals surface area contributed by atoms with Gasteiger partial charge < -0.3 is 0 Å². The Kier molecular flexibility index (Phi) is 7.05. The molecule has 2 aromatic carbocycles. The summed E-state index contributed by atoms with van der Waals surface area (Å²) >= 11 is -1.96. The van der Waals surface area contributed by atoms with Crippen molar-refractivity contribution in [2.75, 3.05) is 0 Å². The molecule has 0 unspecified atom stereocenters. The van der Waals surface area contributed by atoms with Gasteiger partial charge in [-0.1, -0.05) is 0 Å². The number of allylic oxidation sites excluding steroid dienone is 4. The minimum atomic E-state index is -1.96. The minimum Gasteiger partial charge on any atom is -0.147 e. The van der Waals surface area contributed by atoms with E-state index >= 15 is 0 Å². The minimum absolute atomic E-state index is 0. The van der Waals surface area contributed by atoms with E-state index in [1.54, 1.807) is 19.9 Å². The molecule has 3 heteroatoms. The van der Waals surface area contributed by atoms with E-state index in [-0.39, 0.29) is 24.8 Å². The fourth-order valence-electron chi connectivity index (χ4n) is 4.34. The van der Waals surface area contributed by atoms with Crippen LogP contribution in [0.2, 0.25) is 0 Å². The molecule has 2 aromatic rings. The second kappa shape index (κ2) is 8.51. The predicted octanol–water partition coefficient (Wildman–Crippen LogP) is 7.05. The van der Waals surface area contributed by atoms with Crippen LogP contribution in [-0.2, 0) is 21.3 Å². The molecule has 0 aromatic heterocycles.